The van der Waals surface area contributed by atoms with Gasteiger partial charge in [0.25, 0.3) is 5.91 Å². The first-order valence-electron chi connectivity index (χ1n) is 8.25. The maximum atomic E-state index is 14.0. The molecule has 12 heteroatoms. The van der Waals surface area contributed by atoms with Crippen LogP contribution in [0.25, 0.3) is 0 Å². The van der Waals surface area contributed by atoms with Gasteiger partial charge in [-0.05, 0) is 30.7 Å². The predicted octanol–water partition coefficient (Wildman–Crippen LogP) is 4.23. The third kappa shape index (κ3) is 4.82. The molecular weight excluding hydrogens is 446 g/mol. The Kier molecular flexibility index (Phi) is 5.90. The molecule has 0 radical (unpaired) electrons. The Morgan fingerprint density at radius 3 is 2.53 bits per heavy atom. The standard InChI is InChI=1S/C18H13F4N3O3S2/c1-10-5-6-11(12(19)8-10)9-30(27,28)16-14(18(20,21)22)24-17(29-16)25-15(26)13-4-2-3-7-23-13/h2-8H,9H2,1H3,(H,24,25,26). The zero-order chi connectivity index (χ0) is 22.1. The summed E-state index contributed by atoms with van der Waals surface area (Å²) >= 11 is 0.143. The van der Waals surface area contributed by atoms with E-state index < -0.39 is 48.5 Å². The number of aromatic nitrogens is 2. The van der Waals surface area contributed by atoms with Crippen LogP contribution in [0.3, 0.4) is 0 Å². The van der Waals surface area contributed by atoms with Gasteiger partial charge in [-0.1, -0.05) is 29.5 Å². The second-order valence-corrected chi connectivity index (χ2v) is 9.36. The van der Waals surface area contributed by atoms with Crippen molar-refractivity contribution < 1.29 is 30.8 Å². The van der Waals surface area contributed by atoms with Gasteiger partial charge in [0.2, 0.25) is 0 Å². The number of sulfone groups is 1. The van der Waals surface area contributed by atoms with Crippen LogP contribution in [0, 0.1) is 12.7 Å². The lowest BCUT2D eigenvalue weighted by atomic mass is 10.2. The van der Waals surface area contributed by atoms with Crippen LogP contribution in [-0.2, 0) is 21.8 Å². The summed E-state index contributed by atoms with van der Waals surface area (Å²) in [5.74, 6) is -2.69. The zero-order valence-corrected chi connectivity index (χ0v) is 16.8. The number of amides is 1. The minimum absolute atomic E-state index is 0.0904. The smallest absolute Gasteiger partial charge is 0.296 e. The summed E-state index contributed by atoms with van der Waals surface area (Å²) in [5.41, 5.74) is -1.51. The Morgan fingerprint density at radius 1 is 1.20 bits per heavy atom. The van der Waals surface area contributed by atoms with E-state index in [-0.39, 0.29) is 22.6 Å². The number of benzene rings is 1. The molecule has 158 valence electrons. The second kappa shape index (κ2) is 8.11. The molecule has 0 unspecified atom stereocenters. The summed E-state index contributed by atoms with van der Waals surface area (Å²) in [6.07, 6.45) is -3.79. The lowest BCUT2D eigenvalue weighted by Crippen LogP contribution is -2.15. The molecule has 6 nitrogen and oxygen atoms in total. The highest BCUT2D eigenvalue weighted by atomic mass is 32.2. The molecule has 2 heterocycles. The minimum Gasteiger partial charge on any atom is -0.296 e. The molecule has 1 amide bonds. The van der Waals surface area contributed by atoms with Crippen molar-refractivity contribution in [3.63, 3.8) is 0 Å². The van der Waals surface area contributed by atoms with Crippen LogP contribution >= 0.6 is 11.3 Å². The van der Waals surface area contributed by atoms with Gasteiger partial charge in [0.05, 0.1) is 5.75 Å². The fourth-order valence-electron chi connectivity index (χ4n) is 2.45. The average Bonchev–Trinajstić information content (AvgIpc) is 3.10. The molecule has 3 aromatic rings. The number of aryl methyl sites for hydroxylation is 1. The van der Waals surface area contributed by atoms with Crippen LogP contribution in [0.4, 0.5) is 22.7 Å². The predicted molar refractivity (Wildman–Crippen MR) is 101 cm³/mol. The van der Waals surface area contributed by atoms with Gasteiger partial charge in [0, 0.05) is 11.8 Å². The number of pyridine rings is 1. The van der Waals surface area contributed by atoms with Gasteiger partial charge in [0.15, 0.2) is 24.9 Å². The first-order chi connectivity index (χ1) is 14.0. The van der Waals surface area contributed by atoms with Crippen molar-refractivity contribution in [1.82, 2.24) is 9.97 Å². The molecule has 0 atom stereocenters. The Morgan fingerprint density at radius 2 is 1.93 bits per heavy atom. The number of rotatable bonds is 5. The fourth-order valence-corrected chi connectivity index (χ4v) is 5.31. The molecule has 3 rings (SSSR count). The van der Waals surface area contributed by atoms with Gasteiger partial charge < -0.3 is 0 Å². The molecule has 0 spiro atoms. The largest absolute Gasteiger partial charge is 0.435 e. The van der Waals surface area contributed by atoms with Gasteiger partial charge >= 0.3 is 6.18 Å². The van der Waals surface area contributed by atoms with E-state index in [9.17, 15) is 30.8 Å². The molecule has 30 heavy (non-hydrogen) atoms. The molecule has 0 aliphatic carbocycles. The number of alkyl halides is 3. The quantitative estimate of drug-likeness (QED) is 0.577. The molecule has 1 N–H and O–H groups in total. The van der Waals surface area contributed by atoms with Crippen molar-refractivity contribution in [2.24, 2.45) is 0 Å². The third-order valence-corrected chi connectivity index (χ3v) is 7.05. The summed E-state index contributed by atoms with van der Waals surface area (Å²) in [5, 5.41) is 1.54. The highest BCUT2D eigenvalue weighted by molar-refractivity contribution is 7.92. The lowest BCUT2D eigenvalue weighted by molar-refractivity contribution is -0.142. The molecule has 0 aliphatic heterocycles. The maximum Gasteiger partial charge on any atom is 0.435 e. The molecule has 0 aliphatic rings. The van der Waals surface area contributed by atoms with E-state index in [0.29, 0.717) is 5.56 Å². The molecular formula is C18H13F4N3O3S2. The van der Waals surface area contributed by atoms with Gasteiger partial charge in [-0.2, -0.15) is 13.2 Å². The Hall–Kier alpha value is -2.86. The van der Waals surface area contributed by atoms with E-state index >= 15 is 0 Å². The maximum absolute atomic E-state index is 14.0. The van der Waals surface area contributed by atoms with Crippen molar-refractivity contribution in [1.29, 1.82) is 0 Å². The normalized spacial score (nSPS) is 12.0. The molecule has 2 aromatic heterocycles. The first kappa shape index (κ1) is 21.8. The highest BCUT2D eigenvalue weighted by Gasteiger charge is 2.42. The SMILES string of the molecule is Cc1ccc(CS(=O)(=O)c2sc(NC(=O)c3ccccn3)nc2C(F)(F)F)c(F)c1. The van der Waals surface area contributed by atoms with Gasteiger partial charge in [-0.25, -0.2) is 17.8 Å². The first-order valence-corrected chi connectivity index (χ1v) is 10.7. The Balaban J connectivity index is 1.97. The van der Waals surface area contributed by atoms with Crippen LogP contribution in [0.2, 0.25) is 0 Å². The van der Waals surface area contributed by atoms with Crippen molar-refractivity contribution in [3.05, 3.63) is 70.9 Å². The van der Waals surface area contributed by atoms with E-state index in [1.54, 1.807) is 6.92 Å². The number of nitrogens with one attached hydrogen (secondary N) is 1. The van der Waals surface area contributed by atoms with Crippen molar-refractivity contribution in [2.45, 2.75) is 23.1 Å². The number of thiazole rings is 1. The van der Waals surface area contributed by atoms with Gasteiger partial charge in [0.1, 0.15) is 11.5 Å². The number of anilines is 1. The second-order valence-electron chi connectivity index (χ2n) is 6.18. The Labute approximate surface area is 172 Å². The van der Waals surface area contributed by atoms with Crippen LogP contribution in [0.15, 0.2) is 46.8 Å². The number of carbonyl (C=O) groups is 1. The van der Waals surface area contributed by atoms with Crippen molar-refractivity contribution in [2.75, 3.05) is 5.32 Å². The molecule has 0 saturated carbocycles. The van der Waals surface area contributed by atoms with Crippen molar-refractivity contribution in [3.8, 4) is 0 Å². The third-order valence-electron chi connectivity index (χ3n) is 3.82. The summed E-state index contributed by atoms with van der Waals surface area (Å²) in [4.78, 5) is 19.1. The number of carbonyl (C=O) groups excluding carboxylic acids is 1. The summed E-state index contributed by atoms with van der Waals surface area (Å²) < 4.78 is 78.4. The fraction of sp³-hybridized carbons (Fsp3) is 0.167. The zero-order valence-electron chi connectivity index (χ0n) is 15.2. The summed E-state index contributed by atoms with van der Waals surface area (Å²) in [7, 11) is -4.61. The Bertz CT molecular complexity index is 1190. The molecule has 0 fully saturated rings. The molecule has 0 saturated heterocycles. The van der Waals surface area contributed by atoms with Crippen LogP contribution < -0.4 is 5.32 Å². The lowest BCUT2D eigenvalue weighted by Gasteiger charge is -2.08. The topological polar surface area (TPSA) is 89.0 Å². The average molecular weight is 459 g/mol. The van der Waals surface area contributed by atoms with Gasteiger partial charge in [-0.3, -0.25) is 15.1 Å². The monoisotopic (exact) mass is 459 g/mol. The van der Waals surface area contributed by atoms with Gasteiger partial charge in [-0.15, -0.1) is 0 Å². The van der Waals surface area contributed by atoms with Crippen LogP contribution in [0.5, 0.6) is 0 Å². The summed E-state index contributed by atoms with van der Waals surface area (Å²) in [6.45, 7) is 1.59. The molecule has 0 bridgehead atoms. The van der Waals surface area contributed by atoms with Crippen LogP contribution in [-0.4, -0.2) is 24.3 Å². The van der Waals surface area contributed by atoms with E-state index in [1.807, 2.05) is 0 Å². The van der Waals surface area contributed by atoms with E-state index in [2.05, 4.69) is 15.3 Å². The number of hydrogen-bond donors (Lipinski definition) is 1. The molecule has 1 aromatic carbocycles. The van der Waals surface area contributed by atoms with Crippen LogP contribution in [0.1, 0.15) is 27.3 Å². The minimum atomic E-state index is -5.10. The van der Waals surface area contributed by atoms with E-state index in [4.69, 9.17) is 0 Å². The van der Waals surface area contributed by atoms with Crippen molar-refractivity contribution >= 4 is 32.2 Å². The summed E-state index contributed by atoms with van der Waals surface area (Å²) in [6, 6.07) is 8.09. The number of halogens is 4. The highest BCUT2D eigenvalue weighted by Crippen LogP contribution is 2.40. The number of hydrogen-bond acceptors (Lipinski definition) is 6. The van der Waals surface area contributed by atoms with E-state index in [1.165, 1.54) is 36.5 Å². The number of nitrogens with zero attached hydrogens (tertiary/aromatic N) is 2. The van der Waals surface area contributed by atoms with E-state index in [0.717, 1.165) is 6.07 Å².